The van der Waals surface area contributed by atoms with Crippen LogP contribution in [0.5, 0.6) is 0 Å². The van der Waals surface area contributed by atoms with E-state index in [-0.39, 0.29) is 0 Å². The average Bonchev–Trinajstić information content (AvgIpc) is 3.00. The average molecular weight is 334 g/mol. The lowest BCUT2D eigenvalue weighted by molar-refractivity contribution is 0.770. The van der Waals surface area contributed by atoms with E-state index in [9.17, 15) is 0 Å². The molecular formula is C14H16BrN5. The minimum absolute atomic E-state index is 0.913. The van der Waals surface area contributed by atoms with Crippen LogP contribution in [0.2, 0.25) is 0 Å². The Morgan fingerprint density at radius 3 is 3.05 bits per heavy atom. The van der Waals surface area contributed by atoms with Gasteiger partial charge in [0, 0.05) is 25.6 Å². The SMILES string of the molecule is CNCCc1[nH]nc(-c2ccc3c(c2)ncn3C)c1Br. The molecule has 0 aliphatic carbocycles. The minimum Gasteiger partial charge on any atom is -0.334 e. The van der Waals surface area contributed by atoms with Crippen molar-refractivity contribution in [1.82, 2.24) is 25.1 Å². The maximum absolute atomic E-state index is 4.42. The van der Waals surface area contributed by atoms with Crippen molar-refractivity contribution in [3.8, 4) is 11.3 Å². The van der Waals surface area contributed by atoms with E-state index < -0.39 is 0 Å². The highest BCUT2D eigenvalue weighted by Gasteiger charge is 2.13. The number of aryl methyl sites for hydroxylation is 1. The zero-order chi connectivity index (χ0) is 14.1. The van der Waals surface area contributed by atoms with Gasteiger partial charge in [-0.3, -0.25) is 5.10 Å². The van der Waals surface area contributed by atoms with Gasteiger partial charge >= 0.3 is 0 Å². The van der Waals surface area contributed by atoms with Crippen molar-refractivity contribution in [2.45, 2.75) is 6.42 Å². The van der Waals surface area contributed by atoms with Gasteiger partial charge in [0.1, 0.15) is 5.69 Å². The zero-order valence-electron chi connectivity index (χ0n) is 11.4. The number of likely N-dealkylation sites (N-methyl/N-ethyl adjacent to an activating group) is 1. The molecule has 3 rings (SSSR count). The number of H-pyrrole nitrogens is 1. The van der Waals surface area contributed by atoms with Crippen LogP contribution < -0.4 is 5.32 Å². The van der Waals surface area contributed by atoms with Crippen LogP contribution in [0, 0.1) is 0 Å². The van der Waals surface area contributed by atoms with Crippen LogP contribution in [-0.2, 0) is 13.5 Å². The van der Waals surface area contributed by atoms with Crippen molar-refractivity contribution in [3.05, 3.63) is 34.7 Å². The fraction of sp³-hybridized carbons (Fsp3) is 0.286. The van der Waals surface area contributed by atoms with Crippen molar-refractivity contribution in [3.63, 3.8) is 0 Å². The highest BCUT2D eigenvalue weighted by Crippen LogP contribution is 2.30. The molecule has 0 spiro atoms. The summed E-state index contributed by atoms with van der Waals surface area (Å²) < 4.78 is 3.04. The van der Waals surface area contributed by atoms with E-state index in [1.807, 2.05) is 25.0 Å². The normalized spacial score (nSPS) is 11.3. The molecule has 0 aliphatic heterocycles. The number of fused-ring (bicyclic) bond motifs is 1. The Morgan fingerprint density at radius 2 is 2.25 bits per heavy atom. The predicted octanol–water partition coefficient (Wildman–Crippen LogP) is 2.49. The van der Waals surface area contributed by atoms with E-state index in [1.165, 1.54) is 0 Å². The summed E-state index contributed by atoms with van der Waals surface area (Å²) in [5.41, 5.74) is 5.21. The van der Waals surface area contributed by atoms with Crippen molar-refractivity contribution < 1.29 is 0 Å². The summed E-state index contributed by atoms with van der Waals surface area (Å²) in [5.74, 6) is 0. The van der Waals surface area contributed by atoms with Gasteiger partial charge in [0.05, 0.1) is 27.5 Å². The van der Waals surface area contributed by atoms with Gasteiger partial charge in [-0.25, -0.2) is 4.98 Å². The third kappa shape index (κ3) is 2.25. The van der Waals surface area contributed by atoms with Crippen LogP contribution in [0.1, 0.15) is 5.69 Å². The molecule has 0 bridgehead atoms. The minimum atomic E-state index is 0.913. The first kappa shape index (κ1) is 13.3. The van der Waals surface area contributed by atoms with E-state index in [0.717, 1.165) is 45.4 Å². The second kappa shape index (κ2) is 5.38. The molecule has 0 atom stereocenters. The Hall–Kier alpha value is -1.66. The molecule has 2 aromatic heterocycles. The fourth-order valence-corrected chi connectivity index (χ4v) is 2.86. The second-order valence-electron chi connectivity index (χ2n) is 4.78. The lowest BCUT2D eigenvalue weighted by atomic mass is 10.1. The maximum atomic E-state index is 4.42. The van der Waals surface area contributed by atoms with Crippen molar-refractivity contribution in [2.75, 3.05) is 13.6 Å². The molecule has 2 heterocycles. The van der Waals surface area contributed by atoms with E-state index in [1.54, 1.807) is 0 Å². The van der Waals surface area contributed by atoms with E-state index in [0.29, 0.717) is 0 Å². The summed E-state index contributed by atoms with van der Waals surface area (Å²) in [6.45, 7) is 0.916. The van der Waals surface area contributed by atoms with E-state index in [2.05, 4.69) is 54.6 Å². The molecule has 0 unspecified atom stereocenters. The Morgan fingerprint density at radius 1 is 1.40 bits per heavy atom. The molecule has 6 heteroatoms. The Labute approximate surface area is 125 Å². The molecule has 0 saturated carbocycles. The van der Waals surface area contributed by atoms with Crippen molar-refractivity contribution >= 4 is 27.0 Å². The van der Waals surface area contributed by atoms with E-state index >= 15 is 0 Å². The first-order valence-electron chi connectivity index (χ1n) is 6.49. The summed E-state index contributed by atoms with van der Waals surface area (Å²) in [4.78, 5) is 4.39. The molecule has 1 aromatic carbocycles. The number of aromatic nitrogens is 4. The molecular weight excluding hydrogens is 318 g/mol. The van der Waals surface area contributed by atoms with Gasteiger partial charge in [-0.15, -0.1) is 0 Å². The van der Waals surface area contributed by atoms with Crippen LogP contribution in [0.4, 0.5) is 0 Å². The van der Waals surface area contributed by atoms with Gasteiger partial charge in [0.15, 0.2) is 0 Å². The quantitative estimate of drug-likeness (QED) is 0.771. The standard InChI is InChI=1S/C14H16BrN5/c1-16-6-5-10-13(15)14(19-18-10)9-3-4-12-11(7-9)17-8-20(12)2/h3-4,7-8,16H,5-6H2,1-2H3,(H,18,19). The molecule has 0 radical (unpaired) electrons. The first-order valence-corrected chi connectivity index (χ1v) is 7.29. The monoisotopic (exact) mass is 333 g/mol. The van der Waals surface area contributed by atoms with Gasteiger partial charge in [-0.05, 0) is 35.1 Å². The van der Waals surface area contributed by atoms with Crippen LogP contribution in [-0.4, -0.2) is 33.3 Å². The third-order valence-electron chi connectivity index (χ3n) is 3.40. The van der Waals surface area contributed by atoms with Crippen LogP contribution in [0.25, 0.3) is 22.3 Å². The number of halogens is 1. The number of nitrogens with zero attached hydrogens (tertiary/aromatic N) is 3. The van der Waals surface area contributed by atoms with Crippen LogP contribution in [0.15, 0.2) is 29.0 Å². The Kier molecular flexibility index (Phi) is 3.58. The molecule has 0 amide bonds. The maximum Gasteiger partial charge on any atom is 0.107 e. The van der Waals surface area contributed by atoms with Gasteiger partial charge in [0.25, 0.3) is 0 Å². The number of benzene rings is 1. The lowest BCUT2D eigenvalue weighted by Crippen LogP contribution is -2.10. The molecule has 2 N–H and O–H groups in total. The van der Waals surface area contributed by atoms with Crippen LogP contribution in [0.3, 0.4) is 0 Å². The molecule has 3 aromatic rings. The van der Waals surface area contributed by atoms with Gasteiger partial charge in [0.2, 0.25) is 0 Å². The summed E-state index contributed by atoms with van der Waals surface area (Å²) >= 11 is 3.64. The number of hydrogen-bond acceptors (Lipinski definition) is 3. The molecule has 20 heavy (non-hydrogen) atoms. The Bertz CT molecular complexity index is 743. The largest absolute Gasteiger partial charge is 0.334 e. The third-order valence-corrected chi connectivity index (χ3v) is 4.25. The number of aromatic amines is 1. The predicted molar refractivity (Wildman–Crippen MR) is 83.6 cm³/mol. The van der Waals surface area contributed by atoms with Crippen molar-refractivity contribution in [1.29, 1.82) is 0 Å². The summed E-state index contributed by atoms with van der Waals surface area (Å²) in [5, 5.41) is 10.7. The summed E-state index contributed by atoms with van der Waals surface area (Å²) in [7, 11) is 3.94. The number of nitrogens with one attached hydrogen (secondary N) is 2. The smallest absolute Gasteiger partial charge is 0.107 e. The lowest BCUT2D eigenvalue weighted by Gasteiger charge is -2.00. The van der Waals surface area contributed by atoms with Crippen molar-refractivity contribution in [2.24, 2.45) is 7.05 Å². The van der Waals surface area contributed by atoms with Gasteiger partial charge < -0.3 is 9.88 Å². The molecule has 5 nitrogen and oxygen atoms in total. The fourth-order valence-electron chi connectivity index (χ4n) is 2.25. The summed E-state index contributed by atoms with van der Waals surface area (Å²) in [6.07, 6.45) is 2.74. The van der Waals surface area contributed by atoms with Gasteiger partial charge in [-0.2, -0.15) is 5.10 Å². The molecule has 0 fully saturated rings. The number of rotatable bonds is 4. The summed E-state index contributed by atoms with van der Waals surface area (Å²) in [6, 6.07) is 6.22. The Balaban J connectivity index is 2.00. The second-order valence-corrected chi connectivity index (χ2v) is 5.57. The topological polar surface area (TPSA) is 58.5 Å². The zero-order valence-corrected chi connectivity index (χ0v) is 13.0. The molecule has 0 saturated heterocycles. The molecule has 0 aliphatic rings. The number of imidazole rings is 1. The highest BCUT2D eigenvalue weighted by molar-refractivity contribution is 9.10. The van der Waals surface area contributed by atoms with Crippen LogP contribution >= 0.6 is 15.9 Å². The van der Waals surface area contributed by atoms with Gasteiger partial charge in [-0.1, -0.05) is 6.07 Å². The molecule has 104 valence electrons. The van der Waals surface area contributed by atoms with E-state index in [4.69, 9.17) is 0 Å². The first-order chi connectivity index (χ1) is 9.70. The highest BCUT2D eigenvalue weighted by atomic mass is 79.9. The number of hydrogen-bond donors (Lipinski definition) is 2.